The molecule has 0 bridgehead atoms. The first-order valence-electron chi connectivity index (χ1n) is 4.55. The molecule has 0 saturated carbocycles. The summed E-state index contributed by atoms with van der Waals surface area (Å²) in [5.74, 6) is 0.0583. The molecule has 84 valence electrons. The number of halogens is 1. The molecule has 0 aromatic heterocycles. The predicted molar refractivity (Wildman–Crippen MR) is 53.3 cm³/mol. The van der Waals surface area contributed by atoms with Crippen molar-refractivity contribution in [2.24, 2.45) is 0 Å². The van der Waals surface area contributed by atoms with Crippen molar-refractivity contribution in [3.63, 3.8) is 0 Å². The second-order valence-electron chi connectivity index (χ2n) is 3.86. The maximum Gasteiger partial charge on any atom is 0.211 e. The number of carbonyl (C=O) groups excluding carboxylic acids is 1. The Balaban J connectivity index is 0. The standard InChI is InChI=1S/C10H20NO2.ClH/c1-5-10(13)9(2)11(3,4)7-6-8-12;/h5,9,12H,1,6-8H2,2-4H3;1H/q+1;/p-1. The van der Waals surface area contributed by atoms with Crippen LogP contribution in [0.2, 0.25) is 0 Å². The summed E-state index contributed by atoms with van der Waals surface area (Å²) in [4.78, 5) is 11.3. The number of hydrogen-bond donors (Lipinski definition) is 1. The Hall–Kier alpha value is -0.380. The highest BCUT2D eigenvalue weighted by Gasteiger charge is 2.27. The Morgan fingerprint density at radius 2 is 2.07 bits per heavy atom. The molecule has 4 heteroatoms. The highest BCUT2D eigenvalue weighted by atomic mass is 35.5. The van der Waals surface area contributed by atoms with Crippen molar-refractivity contribution >= 4 is 5.78 Å². The van der Waals surface area contributed by atoms with Crippen molar-refractivity contribution in [2.45, 2.75) is 19.4 Å². The van der Waals surface area contributed by atoms with Crippen LogP contribution in [0.4, 0.5) is 0 Å². The number of quaternary nitrogens is 1. The van der Waals surface area contributed by atoms with Crippen LogP contribution < -0.4 is 12.4 Å². The van der Waals surface area contributed by atoms with Crippen LogP contribution in [0.25, 0.3) is 0 Å². The van der Waals surface area contributed by atoms with Gasteiger partial charge in [-0.15, -0.1) is 0 Å². The van der Waals surface area contributed by atoms with E-state index in [1.165, 1.54) is 6.08 Å². The van der Waals surface area contributed by atoms with E-state index in [1.54, 1.807) is 0 Å². The molecule has 1 N–H and O–H groups in total. The smallest absolute Gasteiger partial charge is 0.211 e. The van der Waals surface area contributed by atoms with Crippen LogP contribution >= 0.6 is 0 Å². The van der Waals surface area contributed by atoms with Gasteiger partial charge in [-0.3, -0.25) is 4.79 Å². The number of hydrogen-bond acceptors (Lipinski definition) is 2. The maximum absolute atomic E-state index is 11.3. The van der Waals surface area contributed by atoms with Crippen molar-refractivity contribution in [2.75, 3.05) is 27.2 Å². The first-order chi connectivity index (χ1) is 5.95. The molecular weight excluding hydrogens is 202 g/mol. The SMILES string of the molecule is C=CC(=O)C(C)[N+](C)(C)CCCO.[Cl-]. The molecule has 0 saturated heterocycles. The quantitative estimate of drug-likeness (QED) is 0.401. The Labute approximate surface area is 92.4 Å². The van der Waals surface area contributed by atoms with Gasteiger partial charge in [-0.2, -0.15) is 0 Å². The van der Waals surface area contributed by atoms with E-state index in [0.29, 0.717) is 4.48 Å². The Kier molecular flexibility index (Phi) is 8.01. The van der Waals surface area contributed by atoms with Crippen molar-refractivity contribution in [3.8, 4) is 0 Å². The number of carbonyl (C=O) groups is 1. The van der Waals surface area contributed by atoms with Crippen LogP contribution in [0.3, 0.4) is 0 Å². The topological polar surface area (TPSA) is 37.3 Å². The van der Waals surface area contributed by atoms with E-state index in [0.717, 1.165) is 13.0 Å². The minimum Gasteiger partial charge on any atom is -1.00 e. The van der Waals surface area contributed by atoms with Gasteiger partial charge >= 0.3 is 0 Å². The molecule has 0 amide bonds. The number of ketones is 1. The van der Waals surface area contributed by atoms with Crippen LogP contribution in [0.15, 0.2) is 12.7 Å². The summed E-state index contributed by atoms with van der Waals surface area (Å²) in [7, 11) is 3.98. The van der Waals surface area contributed by atoms with Crippen molar-refractivity contribution < 1.29 is 26.8 Å². The number of aliphatic hydroxyl groups excluding tert-OH is 1. The van der Waals surface area contributed by atoms with Crippen molar-refractivity contribution in [1.29, 1.82) is 0 Å². The van der Waals surface area contributed by atoms with Crippen molar-refractivity contribution in [1.82, 2.24) is 0 Å². The summed E-state index contributed by atoms with van der Waals surface area (Å²) >= 11 is 0. The average molecular weight is 222 g/mol. The van der Waals surface area contributed by atoms with Gasteiger partial charge in [0.15, 0.2) is 0 Å². The van der Waals surface area contributed by atoms with Gasteiger partial charge in [-0.05, 0) is 13.0 Å². The van der Waals surface area contributed by atoms with Gasteiger partial charge in [0.1, 0.15) is 6.04 Å². The van der Waals surface area contributed by atoms with Gasteiger partial charge in [-0.1, -0.05) is 6.58 Å². The zero-order valence-corrected chi connectivity index (χ0v) is 9.92. The summed E-state index contributed by atoms with van der Waals surface area (Å²) in [5, 5.41) is 8.69. The lowest BCUT2D eigenvalue weighted by atomic mass is 10.1. The Bertz CT molecular complexity index is 193. The third-order valence-electron chi connectivity index (χ3n) is 2.55. The monoisotopic (exact) mass is 221 g/mol. The van der Waals surface area contributed by atoms with Gasteiger partial charge in [0.05, 0.1) is 20.6 Å². The molecule has 14 heavy (non-hydrogen) atoms. The lowest BCUT2D eigenvalue weighted by Crippen LogP contribution is -3.00. The molecule has 0 spiro atoms. The minimum absolute atomic E-state index is 0. The molecule has 1 atom stereocenters. The van der Waals surface area contributed by atoms with Crippen LogP contribution in [-0.2, 0) is 4.79 Å². The first kappa shape index (κ1) is 16.1. The molecule has 0 heterocycles. The van der Waals surface area contributed by atoms with Gasteiger partial charge in [0, 0.05) is 13.0 Å². The van der Waals surface area contributed by atoms with E-state index in [-0.39, 0.29) is 30.8 Å². The fourth-order valence-corrected chi connectivity index (χ4v) is 1.19. The molecule has 0 aromatic carbocycles. The Morgan fingerprint density at radius 3 is 2.43 bits per heavy atom. The highest BCUT2D eigenvalue weighted by molar-refractivity contribution is 5.92. The van der Waals surface area contributed by atoms with E-state index in [2.05, 4.69) is 6.58 Å². The molecule has 1 unspecified atom stereocenters. The van der Waals surface area contributed by atoms with Crippen molar-refractivity contribution in [3.05, 3.63) is 12.7 Å². The van der Waals surface area contributed by atoms with Crippen LogP contribution in [0.1, 0.15) is 13.3 Å². The van der Waals surface area contributed by atoms with Gasteiger partial charge in [0.2, 0.25) is 5.78 Å². The van der Waals surface area contributed by atoms with Crippen LogP contribution in [0.5, 0.6) is 0 Å². The summed E-state index contributed by atoms with van der Waals surface area (Å²) in [6, 6.07) is -0.0796. The second kappa shape index (κ2) is 6.98. The molecule has 0 rings (SSSR count). The number of nitrogens with zero attached hydrogens (tertiary/aromatic N) is 1. The normalized spacial score (nSPS) is 12.9. The van der Waals surface area contributed by atoms with Gasteiger partial charge < -0.3 is 22.0 Å². The first-order valence-corrected chi connectivity index (χ1v) is 4.55. The Morgan fingerprint density at radius 1 is 1.57 bits per heavy atom. The molecule has 3 nitrogen and oxygen atoms in total. The number of likely N-dealkylation sites (N-methyl/N-ethyl adjacent to an activating group) is 1. The molecular formula is C10H20ClNO2. The van der Waals surface area contributed by atoms with E-state index in [1.807, 2.05) is 21.0 Å². The fraction of sp³-hybridized carbons (Fsp3) is 0.700. The van der Waals surface area contributed by atoms with E-state index in [4.69, 9.17) is 5.11 Å². The third-order valence-corrected chi connectivity index (χ3v) is 2.55. The molecule has 0 aliphatic heterocycles. The molecule has 0 fully saturated rings. The van der Waals surface area contributed by atoms with E-state index < -0.39 is 0 Å². The predicted octanol–water partition coefficient (Wildman–Crippen LogP) is -2.41. The maximum atomic E-state index is 11.3. The van der Waals surface area contributed by atoms with E-state index >= 15 is 0 Å². The fourth-order valence-electron chi connectivity index (χ4n) is 1.19. The number of rotatable bonds is 6. The largest absolute Gasteiger partial charge is 1.00 e. The molecule has 0 aliphatic carbocycles. The highest BCUT2D eigenvalue weighted by Crippen LogP contribution is 2.08. The number of aliphatic hydroxyl groups is 1. The average Bonchev–Trinajstić information content (AvgIpc) is 2.12. The van der Waals surface area contributed by atoms with Crippen LogP contribution in [-0.4, -0.2) is 48.7 Å². The summed E-state index contributed by atoms with van der Waals surface area (Å²) in [6.07, 6.45) is 2.09. The van der Waals surface area contributed by atoms with Crippen LogP contribution in [0, 0.1) is 0 Å². The molecule has 0 aromatic rings. The summed E-state index contributed by atoms with van der Waals surface area (Å²) in [5.41, 5.74) is 0. The zero-order valence-electron chi connectivity index (χ0n) is 9.16. The lowest BCUT2D eigenvalue weighted by Gasteiger charge is -2.34. The van der Waals surface area contributed by atoms with Gasteiger partial charge in [0.25, 0.3) is 0 Å². The summed E-state index contributed by atoms with van der Waals surface area (Å²) in [6.45, 7) is 6.34. The second-order valence-corrected chi connectivity index (χ2v) is 3.86. The minimum atomic E-state index is -0.0796. The molecule has 0 radical (unpaired) electrons. The van der Waals surface area contributed by atoms with E-state index in [9.17, 15) is 4.79 Å². The molecule has 0 aliphatic rings. The summed E-state index contributed by atoms with van der Waals surface area (Å²) < 4.78 is 0.603. The third kappa shape index (κ3) is 4.74. The zero-order chi connectivity index (χ0) is 10.5. The lowest BCUT2D eigenvalue weighted by molar-refractivity contribution is -0.903. The van der Waals surface area contributed by atoms with Gasteiger partial charge in [-0.25, -0.2) is 0 Å².